The first kappa shape index (κ1) is 17.8. The zero-order chi connectivity index (χ0) is 18.1. The smallest absolute Gasteiger partial charge is 0.328 e. The van der Waals surface area contributed by atoms with Crippen LogP contribution in [-0.4, -0.2) is 51.9 Å². The number of amides is 2. The van der Waals surface area contributed by atoms with Gasteiger partial charge in [-0.3, -0.25) is 0 Å². The quantitative estimate of drug-likeness (QED) is 0.793. The van der Waals surface area contributed by atoms with Crippen LogP contribution in [0.2, 0.25) is 0 Å². The fourth-order valence-corrected chi connectivity index (χ4v) is 3.45. The Labute approximate surface area is 150 Å². The number of benzene rings is 1. The maximum absolute atomic E-state index is 13.3. The third-order valence-corrected chi connectivity index (χ3v) is 4.78. The summed E-state index contributed by atoms with van der Waals surface area (Å²) in [6.45, 7) is 0.151. The lowest BCUT2D eigenvalue weighted by Crippen LogP contribution is -2.34. The summed E-state index contributed by atoms with van der Waals surface area (Å²) < 4.78 is 31.8. The standard InChI is InChI=1S/C14H13ClF2N4O3S/c1-20-6-11(22)21(14(20)23)13-19-18-12(25-13)10(5-15)24-7-2-3-8(16)9(17)4-7/h2-4,10-11,22H,5-6H2,1H3. The van der Waals surface area contributed by atoms with Crippen LogP contribution in [0.3, 0.4) is 0 Å². The maximum Gasteiger partial charge on any atom is 0.328 e. The molecule has 1 aliphatic rings. The number of hydrogen-bond acceptors (Lipinski definition) is 6. The first-order valence-electron chi connectivity index (χ1n) is 7.14. The molecule has 2 atom stereocenters. The van der Waals surface area contributed by atoms with Gasteiger partial charge in [-0.1, -0.05) is 11.3 Å². The molecular formula is C14H13ClF2N4O3S. The van der Waals surface area contributed by atoms with E-state index in [1.165, 1.54) is 11.0 Å². The monoisotopic (exact) mass is 390 g/mol. The van der Waals surface area contributed by atoms with Crippen molar-refractivity contribution in [2.24, 2.45) is 0 Å². The molecule has 134 valence electrons. The van der Waals surface area contributed by atoms with Gasteiger partial charge >= 0.3 is 6.03 Å². The SMILES string of the molecule is CN1CC(O)N(c2nnc(C(CCl)Oc3ccc(F)c(F)c3)s2)C1=O. The Balaban J connectivity index is 1.79. The van der Waals surface area contributed by atoms with E-state index in [0.29, 0.717) is 5.01 Å². The van der Waals surface area contributed by atoms with Crippen molar-refractivity contribution in [2.75, 3.05) is 24.4 Å². The van der Waals surface area contributed by atoms with E-state index >= 15 is 0 Å². The van der Waals surface area contributed by atoms with E-state index in [4.69, 9.17) is 16.3 Å². The van der Waals surface area contributed by atoms with Gasteiger partial charge in [0.1, 0.15) is 5.75 Å². The zero-order valence-electron chi connectivity index (χ0n) is 12.9. The summed E-state index contributed by atoms with van der Waals surface area (Å²) in [7, 11) is 1.56. The van der Waals surface area contributed by atoms with Gasteiger partial charge in [0, 0.05) is 13.1 Å². The van der Waals surface area contributed by atoms with Crippen molar-refractivity contribution in [3.05, 3.63) is 34.8 Å². The Morgan fingerprint density at radius 3 is 2.80 bits per heavy atom. The van der Waals surface area contributed by atoms with Gasteiger partial charge < -0.3 is 14.7 Å². The number of β-amino-alcohol motifs (C(OH)–C–C–N with tert-alkyl or cyclic N) is 1. The lowest BCUT2D eigenvalue weighted by Gasteiger charge is -2.15. The molecule has 0 saturated carbocycles. The molecule has 0 bridgehead atoms. The van der Waals surface area contributed by atoms with Crippen LogP contribution in [0.25, 0.3) is 0 Å². The number of carbonyl (C=O) groups is 1. The predicted octanol–water partition coefficient (Wildman–Crippen LogP) is 2.37. The highest BCUT2D eigenvalue weighted by Crippen LogP contribution is 2.32. The van der Waals surface area contributed by atoms with E-state index in [1.807, 2.05) is 0 Å². The molecule has 3 rings (SSSR count). The van der Waals surface area contributed by atoms with Gasteiger partial charge in [0.05, 0.1) is 12.4 Å². The average Bonchev–Trinajstić information content (AvgIpc) is 3.13. The van der Waals surface area contributed by atoms with Gasteiger partial charge in [-0.05, 0) is 12.1 Å². The van der Waals surface area contributed by atoms with Gasteiger partial charge in [-0.25, -0.2) is 18.5 Å². The van der Waals surface area contributed by atoms with Crippen LogP contribution >= 0.6 is 22.9 Å². The summed E-state index contributed by atoms with van der Waals surface area (Å²) in [4.78, 5) is 14.5. The molecule has 1 N–H and O–H groups in total. The minimum atomic E-state index is -1.04. The molecule has 2 heterocycles. The van der Waals surface area contributed by atoms with Crippen molar-refractivity contribution < 1.29 is 23.4 Å². The molecule has 1 aliphatic heterocycles. The zero-order valence-corrected chi connectivity index (χ0v) is 14.5. The molecule has 0 spiro atoms. The van der Waals surface area contributed by atoms with Crippen LogP contribution in [0.4, 0.5) is 18.7 Å². The molecule has 7 nitrogen and oxygen atoms in total. The van der Waals surface area contributed by atoms with Crippen molar-refractivity contribution in [3.63, 3.8) is 0 Å². The Bertz CT molecular complexity index is 793. The Morgan fingerprint density at radius 1 is 1.44 bits per heavy atom. The normalized spacial score (nSPS) is 18.8. The number of anilines is 1. The van der Waals surface area contributed by atoms with E-state index in [-0.39, 0.29) is 23.3 Å². The number of urea groups is 1. The topological polar surface area (TPSA) is 78.8 Å². The molecule has 2 amide bonds. The summed E-state index contributed by atoms with van der Waals surface area (Å²) in [6.07, 6.45) is -1.80. The first-order chi connectivity index (χ1) is 11.9. The summed E-state index contributed by atoms with van der Waals surface area (Å²) in [6, 6.07) is 2.71. The third kappa shape index (κ3) is 3.51. The lowest BCUT2D eigenvalue weighted by atomic mass is 10.3. The van der Waals surface area contributed by atoms with Crippen molar-refractivity contribution in [1.29, 1.82) is 0 Å². The van der Waals surface area contributed by atoms with Crippen molar-refractivity contribution in [3.8, 4) is 5.75 Å². The van der Waals surface area contributed by atoms with Crippen molar-refractivity contribution in [2.45, 2.75) is 12.3 Å². The first-order valence-corrected chi connectivity index (χ1v) is 8.49. The number of likely N-dealkylation sites (N-methyl/N-ethyl adjacent to an activating group) is 1. The summed E-state index contributed by atoms with van der Waals surface area (Å²) in [5, 5.41) is 18.3. The summed E-state index contributed by atoms with van der Waals surface area (Å²) in [5.74, 6) is -1.97. The van der Waals surface area contributed by atoms with Gasteiger partial charge in [-0.15, -0.1) is 21.8 Å². The number of carbonyl (C=O) groups excluding carboxylic acids is 1. The highest BCUT2D eigenvalue weighted by atomic mass is 35.5. The molecule has 1 aromatic carbocycles. The largest absolute Gasteiger partial charge is 0.482 e. The molecule has 25 heavy (non-hydrogen) atoms. The van der Waals surface area contributed by atoms with E-state index in [9.17, 15) is 18.7 Å². The summed E-state index contributed by atoms with van der Waals surface area (Å²) >= 11 is 6.90. The molecule has 0 aliphatic carbocycles. The van der Waals surface area contributed by atoms with Gasteiger partial charge in [0.25, 0.3) is 0 Å². The fourth-order valence-electron chi connectivity index (χ4n) is 2.24. The Hall–Kier alpha value is -2.04. The number of halogens is 3. The lowest BCUT2D eigenvalue weighted by molar-refractivity contribution is 0.183. The third-order valence-electron chi connectivity index (χ3n) is 3.49. The van der Waals surface area contributed by atoms with Crippen molar-refractivity contribution >= 4 is 34.1 Å². The average molecular weight is 391 g/mol. The van der Waals surface area contributed by atoms with Gasteiger partial charge in [0.15, 0.2) is 29.0 Å². The Morgan fingerprint density at radius 2 is 2.20 bits per heavy atom. The molecule has 1 fully saturated rings. The van der Waals surface area contributed by atoms with Crippen LogP contribution in [0.1, 0.15) is 11.1 Å². The summed E-state index contributed by atoms with van der Waals surface area (Å²) in [5.41, 5.74) is 0. The molecule has 2 aromatic rings. The van der Waals surface area contributed by atoms with Crippen LogP contribution in [-0.2, 0) is 0 Å². The minimum absolute atomic E-state index is 0.0238. The number of aliphatic hydroxyl groups is 1. The predicted molar refractivity (Wildman–Crippen MR) is 86.9 cm³/mol. The number of alkyl halides is 1. The van der Waals surface area contributed by atoms with Crippen LogP contribution in [0.15, 0.2) is 18.2 Å². The van der Waals surface area contributed by atoms with E-state index in [2.05, 4.69) is 10.2 Å². The number of ether oxygens (including phenoxy) is 1. The second kappa shape index (κ2) is 7.06. The maximum atomic E-state index is 13.3. The second-order valence-electron chi connectivity index (χ2n) is 5.27. The van der Waals surface area contributed by atoms with E-state index in [1.54, 1.807) is 7.05 Å². The molecule has 11 heteroatoms. The highest BCUT2D eigenvalue weighted by Gasteiger charge is 2.37. The number of aliphatic hydroxyl groups excluding tert-OH is 1. The Kier molecular flexibility index (Phi) is 5.02. The molecule has 1 saturated heterocycles. The number of aromatic nitrogens is 2. The highest BCUT2D eigenvalue weighted by molar-refractivity contribution is 7.15. The van der Waals surface area contributed by atoms with Gasteiger partial charge in [0.2, 0.25) is 5.13 Å². The second-order valence-corrected chi connectivity index (χ2v) is 6.57. The van der Waals surface area contributed by atoms with Gasteiger partial charge in [-0.2, -0.15) is 0 Å². The molecular weight excluding hydrogens is 378 g/mol. The van der Waals surface area contributed by atoms with Crippen molar-refractivity contribution in [1.82, 2.24) is 15.1 Å². The van der Waals surface area contributed by atoms with E-state index < -0.39 is 30.0 Å². The fraction of sp³-hybridized carbons (Fsp3) is 0.357. The van der Waals surface area contributed by atoms with Crippen LogP contribution in [0.5, 0.6) is 5.75 Å². The van der Waals surface area contributed by atoms with Crippen LogP contribution < -0.4 is 9.64 Å². The molecule has 2 unspecified atom stereocenters. The number of nitrogens with zero attached hydrogens (tertiary/aromatic N) is 4. The molecule has 0 radical (unpaired) electrons. The minimum Gasteiger partial charge on any atom is -0.482 e. The van der Waals surface area contributed by atoms with Crippen LogP contribution in [0, 0.1) is 11.6 Å². The number of hydrogen-bond donors (Lipinski definition) is 1. The van der Waals surface area contributed by atoms with E-state index in [0.717, 1.165) is 28.4 Å². The number of rotatable bonds is 5. The molecule has 1 aromatic heterocycles.